The standard InChI is InChI=1S/C9H19NO/c1-3-10-7-5-6-9(10)8-11-4-2/h9H,3-8H2,1-2H3/t9-/m0/s1. The van der Waals surface area contributed by atoms with Crippen LogP contribution in [-0.4, -0.2) is 37.2 Å². The van der Waals surface area contributed by atoms with E-state index in [4.69, 9.17) is 4.74 Å². The molecular formula is C9H19NO. The Morgan fingerprint density at radius 1 is 1.45 bits per heavy atom. The van der Waals surface area contributed by atoms with Crippen LogP contribution in [0.1, 0.15) is 26.7 Å². The third-order valence-corrected chi connectivity index (χ3v) is 2.42. The third-order valence-electron chi connectivity index (χ3n) is 2.42. The molecule has 0 saturated carbocycles. The summed E-state index contributed by atoms with van der Waals surface area (Å²) in [6.07, 6.45) is 2.68. The van der Waals surface area contributed by atoms with Gasteiger partial charge in [-0.15, -0.1) is 0 Å². The topological polar surface area (TPSA) is 12.5 Å². The number of rotatable bonds is 4. The van der Waals surface area contributed by atoms with Crippen LogP contribution in [0, 0.1) is 0 Å². The van der Waals surface area contributed by atoms with Crippen molar-refractivity contribution in [1.82, 2.24) is 4.90 Å². The summed E-state index contributed by atoms with van der Waals surface area (Å²) in [5.74, 6) is 0. The minimum absolute atomic E-state index is 0.708. The van der Waals surface area contributed by atoms with Crippen LogP contribution in [0.15, 0.2) is 0 Å². The Bertz CT molecular complexity index is 106. The van der Waals surface area contributed by atoms with Crippen molar-refractivity contribution in [2.75, 3.05) is 26.3 Å². The molecule has 0 N–H and O–H groups in total. The second-order valence-corrected chi connectivity index (χ2v) is 3.08. The van der Waals surface area contributed by atoms with Gasteiger partial charge in [0.25, 0.3) is 0 Å². The Balaban J connectivity index is 2.20. The minimum atomic E-state index is 0.708. The molecule has 0 spiro atoms. The van der Waals surface area contributed by atoms with Gasteiger partial charge in [-0.2, -0.15) is 0 Å². The Hall–Kier alpha value is -0.0800. The van der Waals surface area contributed by atoms with Crippen LogP contribution in [0.25, 0.3) is 0 Å². The zero-order valence-corrected chi connectivity index (χ0v) is 7.68. The number of ether oxygens (including phenoxy) is 1. The lowest BCUT2D eigenvalue weighted by atomic mass is 10.2. The predicted molar refractivity (Wildman–Crippen MR) is 46.8 cm³/mol. The molecule has 1 aliphatic heterocycles. The second-order valence-electron chi connectivity index (χ2n) is 3.08. The Morgan fingerprint density at radius 3 is 2.91 bits per heavy atom. The molecule has 1 rings (SSSR count). The van der Waals surface area contributed by atoms with Crippen LogP contribution >= 0.6 is 0 Å². The number of hydrogen-bond acceptors (Lipinski definition) is 2. The molecule has 2 nitrogen and oxygen atoms in total. The molecule has 1 heterocycles. The van der Waals surface area contributed by atoms with Crippen molar-refractivity contribution in [1.29, 1.82) is 0 Å². The lowest BCUT2D eigenvalue weighted by Gasteiger charge is -2.21. The maximum absolute atomic E-state index is 5.41. The van der Waals surface area contributed by atoms with Crippen LogP contribution < -0.4 is 0 Å². The van der Waals surface area contributed by atoms with Crippen LogP contribution in [0.4, 0.5) is 0 Å². The van der Waals surface area contributed by atoms with Gasteiger partial charge >= 0.3 is 0 Å². The highest BCUT2D eigenvalue weighted by atomic mass is 16.5. The van der Waals surface area contributed by atoms with Crippen molar-refractivity contribution >= 4 is 0 Å². The van der Waals surface area contributed by atoms with Crippen LogP contribution in [0.5, 0.6) is 0 Å². The van der Waals surface area contributed by atoms with Gasteiger partial charge in [0.2, 0.25) is 0 Å². The lowest BCUT2D eigenvalue weighted by Crippen LogP contribution is -2.32. The van der Waals surface area contributed by atoms with Crippen LogP contribution in [0.3, 0.4) is 0 Å². The Labute approximate surface area is 69.5 Å². The van der Waals surface area contributed by atoms with E-state index in [0.29, 0.717) is 6.04 Å². The average molecular weight is 157 g/mol. The van der Waals surface area contributed by atoms with Gasteiger partial charge in [-0.05, 0) is 32.9 Å². The second kappa shape index (κ2) is 4.73. The quantitative estimate of drug-likeness (QED) is 0.613. The van der Waals surface area contributed by atoms with Gasteiger partial charge in [0, 0.05) is 12.6 Å². The van der Waals surface area contributed by atoms with E-state index < -0.39 is 0 Å². The van der Waals surface area contributed by atoms with E-state index >= 15 is 0 Å². The van der Waals surface area contributed by atoms with E-state index in [1.165, 1.54) is 25.9 Å². The normalized spacial score (nSPS) is 26.2. The molecule has 1 aliphatic rings. The Morgan fingerprint density at radius 2 is 2.27 bits per heavy atom. The maximum Gasteiger partial charge on any atom is 0.0621 e. The highest BCUT2D eigenvalue weighted by molar-refractivity contribution is 4.77. The van der Waals surface area contributed by atoms with Crippen molar-refractivity contribution in [3.8, 4) is 0 Å². The molecule has 1 saturated heterocycles. The van der Waals surface area contributed by atoms with Gasteiger partial charge in [-0.25, -0.2) is 0 Å². The summed E-state index contributed by atoms with van der Waals surface area (Å²) >= 11 is 0. The van der Waals surface area contributed by atoms with E-state index in [1.54, 1.807) is 0 Å². The third kappa shape index (κ3) is 2.46. The first-order chi connectivity index (χ1) is 5.38. The van der Waals surface area contributed by atoms with Gasteiger partial charge in [-0.3, -0.25) is 4.90 Å². The molecule has 0 radical (unpaired) electrons. The fraction of sp³-hybridized carbons (Fsp3) is 1.00. The number of hydrogen-bond donors (Lipinski definition) is 0. The smallest absolute Gasteiger partial charge is 0.0621 e. The van der Waals surface area contributed by atoms with E-state index in [1.807, 2.05) is 0 Å². The van der Waals surface area contributed by atoms with Crippen molar-refractivity contribution in [2.45, 2.75) is 32.7 Å². The van der Waals surface area contributed by atoms with Crippen LogP contribution in [-0.2, 0) is 4.74 Å². The first-order valence-electron chi connectivity index (χ1n) is 4.70. The first-order valence-corrected chi connectivity index (χ1v) is 4.70. The van der Waals surface area contributed by atoms with Crippen molar-refractivity contribution < 1.29 is 4.74 Å². The number of likely N-dealkylation sites (tertiary alicyclic amines) is 1. The van der Waals surface area contributed by atoms with E-state index in [9.17, 15) is 0 Å². The number of nitrogens with zero attached hydrogens (tertiary/aromatic N) is 1. The van der Waals surface area contributed by atoms with E-state index in [0.717, 1.165) is 13.2 Å². The summed E-state index contributed by atoms with van der Waals surface area (Å²) in [5, 5.41) is 0. The molecule has 0 unspecified atom stereocenters. The maximum atomic E-state index is 5.41. The Kier molecular flexibility index (Phi) is 3.87. The molecule has 0 amide bonds. The molecule has 2 heteroatoms. The summed E-state index contributed by atoms with van der Waals surface area (Å²) in [6.45, 7) is 8.53. The number of likely N-dealkylation sites (N-methyl/N-ethyl adjacent to an activating group) is 1. The summed E-state index contributed by atoms with van der Waals surface area (Å²) < 4.78 is 5.41. The SMILES string of the molecule is CCOC[C@@H]1CCCN1CC. The molecule has 0 aromatic heterocycles. The molecule has 11 heavy (non-hydrogen) atoms. The molecule has 0 aromatic carbocycles. The van der Waals surface area contributed by atoms with Gasteiger partial charge < -0.3 is 4.74 Å². The van der Waals surface area contributed by atoms with Gasteiger partial charge in [0.1, 0.15) is 0 Å². The highest BCUT2D eigenvalue weighted by Gasteiger charge is 2.22. The van der Waals surface area contributed by atoms with Crippen molar-refractivity contribution in [2.24, 2.45) is 0 Å². The zero-order chi connectivity index (χ0) is 8.10. The summed E-state index contributed by atoms with van der Waals surface area (Å²) in [7, 11) is 0. The zero-order valence-electron chi connectivity index (χ0n) is 7.68. The predicted octanol–water partition coefficient (Wildman–Crippen LogP) is 1.51. The van der Waals surface area contributed by atoms with Gasteiger partial charge in [0.15, 0.2) is 0 Å². The molecule has 1 fully saturated rings. The highest BCUT2D eigenvalue weighted by Crippen LogP contribution is 2.16. The summed E-state index contributed by atoms with van der Waals surface area (Å²) in [4.78, 5) is 2.51. The van der Waals surface area contributed by atoms with Crippen molar-refractivity contribution in [3.05, 3.63) is 0 Å². The average Bonchev–Trinajstić information content (AvgIpc) is 2.47. The first kappa shape index (κ1) is 9.01. The molecule has 0 aliphatic carbocycles. The summed E-state index contributed by atoms with van der Waals surface area (Å²) in [6, 6.07) is 0.708. The monoisotopic (exact) mass is 157 g/mol. The van der Waals surface area contributed by atoms with Crippen LogP contribution in [0.2, 0.25) is 0 Å². The molecule has 0 aromatic rings. The van der Waals surface area contributed by atoms with Gasteiger partial charge in [0.05, 0.1) is 6.61 Å². The van der Waals surface area contributed by atoms with E-state index in [2.05, 4.69) is 18.7 Å². The largest absolute Gasteiger partial charge is 0.380 e. The molecule has 1 atom stereocenters. The summed E-state index contributed by atoms with van der Waals surface area (Å²) in [5.41, 5.74) is 0. The molecular weight excluding hydrogens is 138 g/mol. The minimum Gasteiger partial charge on any atom is -0.380 e. The molecule has 0 bridgehead atoms. The lowest BCUT2D eigenvalue weighted by molar-refractivity contribution is 0.0874. The fourth-order valence-corrected chi connectivity index (χ4v) is 1.75. The van der Waals surface area contributed by atoms with Gasteiger partial charge in [-0.1, -0.05) is 6.92 Å². The van der Waals surface area contributed by atoms with Crippen molar-refractivity contribution in [3.63, 3.8) is 0 Å². The fourth-order valence-electron chi connectivity index (χ4n) is 1.75. The van der Waals surface area contributed by atoms with E-state index in [-0.39, 0.29) is 0 Å². The molecule has 66 valence electrons.